The van der Waals surface area contributed by atoms with Crippen molar-refractivity contribution in [2.75, 3.05) is 11.9 Å². The second-order valence-electron chi connectivity index (χ2n) is 5.25. The van der Waals surface area contributed by atoms with Gasteiger partial charge in [0, 0.05) is 16.7 Å². The summed E-state index contributed by atoms with van der Waals surface area (Å²) in [6.07, 6.45) is 0.690. The van der Waals surface area contributed by atoms with Crippen LogP contribution in [0.3, 0.4) is 0 Å². The molecule has 2 aromatic carbocycles. The Labute approximate surface area is 131 Å². The van der Waals surface area contributed by atoms with Crippen LogP contribution >= 0.6 is 15.9 Å². The van der Waals surface area contributed by atoms with Crippen molar-refractivity contribution in [2.24, 2.45) is 0 Å². The fourth-order valence-corrected chi connectivity index (χ4v) is 2.97. The number of ether oxygens (including phenoxy) is 1. The van der Waals surface area contributed by atoms with Gasteiger partial charge in [-0.25, -0.2) is 4.79 Å². The number of carbonyl (C=O) groups is 1. The minimum absolute atomic E-state index is 0.0354. The highest BCUT2D eigenvalue weighted by Crippen LogP contribution is 2.24. The maximum atomic E-state index is 10.8. The minimum atomic E-state index is -0.867. The largest absolute Gasteiger partial charge is 0.479 e. The van der Waals surface area contributed by atoms with Crippen molar-refractivity contribution >= 4 is 38.4 Å². The number of rotatable bonds is 4. The van der Waals surface area contributed by atoms with Crippen LogP contribution in [0.1, 0.15) is 12.8 Å². The van der Waals surface area contributed by atoms with E-state index in [4.69, 9.17) is 9.84 Å². The molecule has 0 aliphatic carbocycles. The fraction of sp³-hybridized carbons (Fsp3) is 0.312. The van der Waals surface area contributed by atoms with Gasteiger partial charge in [0.05, 0.1) is 6.10 Å². The molecule has 21 heavy (non-hydrogen) atoms. The van der Waals surface area contributed by atoms with E-state index in [1.807, 2.05) is 12.1 Å². The summed E-state index contributed by atoms with van der Waals surface area (Å²) in [6.45, 7) is 0.631. The number of fused-ring (bicyclic) bond motifs is 1. The first-order chi connectivity index (χ1) is 10.1. The van der Waals surface area contributed by atoms with Crippen molar-refractivity contribution in [3.05, 3.63) is 40.9 Å². The van der Waals surface area contributed by atoms with E-state index in [2.05, 4.69) is 45.5 Å². The number of aliphatic carboxylic acids is 1. The average molecular weight is 350 g/mol. The number of carboxylic acid groups (broad SMARTS) is 1. The number of hydrogen-bond donors (Lipinski definition) is 2. The Morgan fingerprint density at radius 3 is 2.76 bits per heavy atom. The van der Waals surface area contributed by atoms with E-state index >= 15 is 0 Å². The number of hydrogen-bond acceptors (Lipinski definition) is 3. The third kappa shape index (κ3) is 3.36. The van der Waals surface area contributed by atoms with Crippen molar-refractivity contribution < 1.29 is 14.6 Å². The average Bonchev–Trinajstić information content (AvgIpc) is 2.94. The standard InChI is InChI=1S/C16H16BrNO3/c17-12-3-1-11-8-13(4-2-10(11)7-12)18-9-14-5-6-15(21-14)16(19)20/h1-4,7-8,14-15,18H,5-6,9H2,(H,19,20). The second kappa shape index (κ2) is 6.03. The normalized spacial score (nSPS) is 21.6. The molecule has 2 atom stereocenters. The molecule has 1 aliphatic heterocycles. The van der Waals surface area contributed by atoms with Crippen LogP contribution in [-0.2, 0) is 9.53 Å². The molecule has 4 nitrogen and oxygen atoms in total. The zero-order valence-corrected chi connectivity index (χ0v) is 13.0. The van der Waals surface area contributed by atoms with Crippen molar-refractivity contribution in [3.8, 4) is 0 Å². The molecule has 1 aliphatic rings. The van der Waals surface area contributed by atoms with E-state index in [9.17, 15) is 4.79 Å². The third-order valence-electron chi connectivity index (χ3n) is 3.72. The Morgan fingerprint density at radius 1 is 1.24 bits per heavy atom. The summed E-state index contributed by atoms with van der Waals surface area (Å²) in [5.41, 5.74) is 1.02. The number of halogens is 1. The van der Waals surface area contributed by atoms with Crippen molar-refractivity contribution in [2.45, 2.75) is 25.0 Å². The first-order valence-corrected chi connectivity index (χ1v) is 7.72. The van der Waals surface area contributed by atoms with Gasteiger partial charge in [0.1, 0.15) is 0 Å². The van der Waals surface area contributed by atoms with Crippen LogP contribution in [0.25, 0.3) is 10.8 Å². The molecule has 0 saturated carbocycles. The van der Waals surface area contributed by atoms with Gasteiger partial charge in [-0.05, 0) is 47.9 Å². The van der Waals surface area contributed by atoms with E-state index in [0.717, 1.165) is 16.6 Å². The molecular formula is C16H16BrNO3. The van der Waals surface area contributed by atoms with E-state index in [-0.39, 0.29) is 6.10 Å². The van der Waals surface area contributed by atoms with E-state index in [1.54, 1.807) is 0 Å². The maximum absolute atomic E-state index is 10.8. The smallest absolute Gasteiger partial charge is 0.332 e. The number of carboxylic acids is 1. The van der Waals surface area contributed by atoms with Crippen molar-refractivity contribution in [3.63, 3.8) is 0 Å². The van der Waals surface area contributed by atoms with Gasteiger partial charge >= 0.3 is 5.97 Å². The van der Waals surface area contributed by atoms with Crippen LogP contribution in [0.4, 0.5) is 5.69 Å². The molecule has 0 radical (unpaired) electrons. The van der Waals surface area contributed by atoms with Crippen LogP contribution in [0.15, 0.2) is 40.9 Å². The molecule has 1 saturated heterocycles. The first-order valence-electron chi connectivity index (χ1n) is 6.93. The molecule has 2 unspecified atom stereocenters. The third-order valence-corrected chi connectivity index (χ3v) is 4.21. The molecule has 1 fully saturated rings. The molecule has 5 heteroatoms. The SMILES string of the molecule is O=C(O)C1CCC(CNc2ccc3cc(Br)ccc3c2)O1. The monoisotopic (exact) mass is 349 g/mol. The summed E-state index contributed by atoms with van der Waals surface area (Å²) in [6, 6.07) is 12.3. The molecule has 2 aromatic rings. The highest BCUT2D eigenvalue weighted by molar-refractivity contribution is 9.10. The summed E-state index contributed by atoms with van der Waals surface area (Å²) in [4.78, 5) is 10.8. The zero-order valence-electron chi connectivity index (χ0n) is 11.4. The van der Waals surface area contributed by atoms with Crippen LogP contribution in [-0.4, -0.2) is 29.8 Å². The van der Waals surface area contributed by atoms with Crippen LogP contribution in [0.2, 0.25) is 0 Å². The van der Waals surface area contributed by atoms with Crippen LogP contribution in [0, 0.1) is 0 Å². The summed E-state index contributed by atoms with van der Waals surface area (Å²) in [5.74, 6) is -0.867. The van der Waals surface area contributed by atoms with E-state index in [0.29, 0.717) is 13.0 Å². The molecule has 3 rings (SSSR count). The lowest BCUT2D eigenvalue weighted by atomic mass is 10.1. The molecule has 1 heterocycles. The Bertz CT molecular complexity index is 674. The molecule has 0 bridgehead atoms. The van der Waals surface area contributed by atoms with Gasteiger partial charge < -0.3 is 15.2 Å². The molecule has 0 spiro atoms. The van der Waals surface area contributed by atoms with E-state index in [1.165, 1.54) is 10.8 Å². The van der Waals surface area contributed by atoms with E-state index < -0.39 is 12.1 Å². The summed E-state index contributed by atoms with van der Waals surface area (Å²) in [5, 5.41) is 14.6. The van der Waals surface area contributed by atoms with Gasteiger partial charge in [-0.15, -0.1) is 0 Å². The summed E-state index contributed by atoms with van der Waals surface area (Å²) in [7, 11) is 0. The van der Waals surface area contributed by atoms with Gasteiger partial charge in [-0.3, -0.25) is 0 Å². The number of nitrogens with one attached hydrogen (secondary N) is 1. The Morgan fingerprint density at radius 2 is 2.00 bits per heavy atom. The predicted octanol–water partition coefficient (Wildman–Crippen LogP) is 3.65. The van der Waals surface area contributed by atoms with Gasteiger partial charge in [0.15, 0.2) is 6.10 Å². The quantitative estimate of drug-likeness (QED) is 0.884. The maximum Gasteiger partial charge on any atom is 0.332 e. The first kappa shape index (κ1) is 14.4. The molecule has 0 amide bonds. The fourth-order valence-electron chi connectivity index (χ4n) is 2.60. The summed E-state index contributed by atoms with van der Waals surface area (Å²) >= 11 is 3.46. The van der Waals surface area contributed by atoms with Crippen LogP contribution < -0.4 is 5.32 Å². The highest BCUT2D eigenvalue weighted by Gasteiger charge is 2.30. The molecule has 2 N–H and O–H groups in total. The number of anilines is 1. The lowest BCUT2D eigenvalue weighted by molar-refractivity contribution is -0.149. The van der Waals surface area contributed by atoms with Gasteiger partial charge in [-0.2, -0.15) is 0 Å². The Kier molecular flexibility index (Phi) is 4.12. The molecule has 0 aromatic heterocycles. The van der Waals surface area contributed by atoms with Crippen LogP contribution in [0.5, 0.6) is 0 Å². The summed E-state index contributed by atoms with van der Waals surface area (Å²) < 4.78 is 6.54. The highest BCUT2D eigenvalue weighted by atomic mass is 79.9. The second-order valence-corrected chi connectivity index (χ2v) is 6.17. The minimum Gasteiger partial charge on any atom is -0.479 e. The lowest BCUT2D eigenvalue weighted by Crippen LogP contribution is -2.24. The van der Waals surface area contributed by atoms with Gasteiger partial charge in [0.25, 0.3) is 0 Å². The Hall–Kier alpha value is -1.59. The van der Waals surface area contributed by atoms with Crippen molar-refractivity contribution in [1.82, 2.24) is 0 Å². The van der Waals surface area contributed by atoms with Gasteiger partial charge in [0.2, 0.25) is 0 Å². The lowest BCUT2D eigenvalue weighted by Gasteiger charge is -2.13. The zero-order chi connectivity index (χ0) is 14.8. The van der Waals surface area contributed by atoms with Gasteiger partial charge in [-0.1, -0.05) is 28.1 Å². The predicted molar refractivity (Wildman–Crippen MR) is 85.7 cm³/mol. The number of benzene rings is 2. The van der Waals surface area contributed by atoms with Crippen molar-refractivity contribution in [1.29, 1.82) is 0 Å². The Balaban J connectivity index is 1.63. The topological polar surface area (TPSA) is 58.6 Å². The molecule has 110 valence electrons. The molecular weight excluding hydrogens is 334 g/mol.